The van der Waals surface area contributed by atoms with E-state index in [2.05, 4.69) is 29.5 Å². The van der Waals surface area contributed by atoms with Gasteiger partial charge in [0.25, 0.3) is 0 Å². The van der Waals surface area contributed by atoms with Crippen LogP contribution in [-0.4, -0.2) is 23.0 Å². The molecule has 0 aliphatic heterocycles. The summed E-state index contributed by atoms with van der Waals surface area (Å²) in [6, 6.07) is 0.111. The maximum absolute atomic E-state index is 11.9. The molecule has 0 fully saturated rings. The molecule has 1 aromatic heterocycles. The van der Waals surface area contributed by atoms with Crippen LogP contribution in [0.2, 0.25) is 0 Å². The minimum Gasteiger partial charge on any atom is -0.352 e. The second-order valence-corrected chi connectivity index (χ2v) is 5.79. The van der Waals surface area contributed by atoms with Crippen molar-refractivity contribution in [1.29, 1.82) is 0 Å². The molecular formula is C13H23N3OS. The molecule has 102 valence electrons. The van der Waals surface area contributed by atoms with Gasteiger partial charge in [-0.2, -0.15) is 0 Å². The maximum Gasteiger partial charge on any atom is 0.237 e. The smallest absolute Gasteiger partial charge is 0.237 e. The van der Waals surface area contributed by atoms with Crippen molar-refractivity contribution in [2.45, 2.75) is 59.2 Å². The van der Waals surface area contributed by atoms with Crippen LogP contribution in [0.3, 0.4) is 0 Å². The lowest BCUT2D eigenvalue weighted by Crippen LogP contribution is -2.45. The molecule has 0 saturated heterocycles. The fourth-order valence-corrected chi connectivity index (χ4v) is 2.40. The van der Waals surface area contributed by atoms with Crippen LogP contribution in [0.25, 0.3) is 0 Å². The first-order valence-corrected chi connectivity index (χ1v) is 7.33. The fraction of sp³-hybridized carbons (Fsp3) is 0.692. The average Bonchev–Trinajstić information content (AvgIpc) is 2.78. The summed E-state index contributed by atoms with van der Waals surface area (Å²) < 4.78 is 0. The minimum absolute atomic E-state index is 0.0740. The molecule has 18 heavy (non-hydrogen) atoms. The third-order valence-corrected chi connectivity index (χ3v) is 3.89. The Morgan fingerprint density at radius 2 is 2.11 bits per heavy atom. The van der Waals surface area contributed by atoms with E-state index in [0.717, 1.165) is 22.7 Å². The second kappa shape index (κ2) is 7.48. The van der Waals surface area contributed by atoms with Crippen molar-refractivity contribution in [3.63, 3.8) is 0 Å². The fourth-order valence-electron chi connectivity index (χ4n) is 1.65. The van der Waals surface area contributed by atoms with Gasteiger partial charge in [-0.25, -0.2) is 4.98 Å². The van der Waals surface area contributed by atoms with Gasteiger partial charge in [0.05, 0.1) is 11.0 Å². The Labute approximate surface area is 113 Å². The van der Waals surface area contributed by atoms with E-state index in [-0.39, 0.29) is 18.0 Å². The van der Waals surface area contributed by atoms with Crippen molar-refractivity contribution in [3.05, 3.63) is 16.1 Å². The summed E-state index contributed by atoms with van der Waals surface area (Å²) in [6.07, 6.45) is 3.81. The van der Waals surface area contributed by atoms with E-state index in [1.807, 2.05) is 20.0 Å². The van der Waals surface area contributed by atoms with E-state index in [4.69, 9.17) is 0 Å². The zero-order chi connectivity index (χ0) is 13.5. The third-order valence-electron chi connectivity index (χ3n) is 2.98. The van der Waals surface area contributed by atoms with Gasteiger partial charge in [0.2, 0.25) is 5.91 Å². The number of hydrogen-bond acceptors (Lipinski definition) is 4. The largest absolute Gasteiger partial charge is 0.352 e. The summed E-state index contributed by atoms with van der Waals surface area (Å²) in [5.74, 6) is 0.0740. The quantitative estimate of drug-likeness (QED) is 0.798. The number of amides is 1. The van der Waals surface area contributed by atoms with Gasteiger partial charge in [-0.3, -0.25) is 4.79 Å². The highest BCUT2D eigenvalue weighted by Gasteiger charge is 2.15. The van der Waals surface area contributed by atoms with Crippen molar-refractivity contribution < 1.29 is 4.79 Å². The molecule has 5 heteroatoms. The molecule has 1 heterocycles. The molecule has 0 aliphatic carbocycles. The molecule has 1 rings (SSSR count). The van der Waals surface area contributed by atoms with Crippen molar-refractivity contribution in [2.24, 2.45) is 0 Å². The standard InChI is InChI=1S/C13H23N3OS/c1-5-11(6-2)16-13(17)9(3)14-7-12-8-15-10(4)18-12/h8-9,11,14H,5-7H2,1-4H3,(H,16,17). The summed E-state index contributed by atoms with van der Waals surface area (Å²) >= 11 is 1.66. The first-order valence-electron chi connectivity index (χ1n) is 6.51. The molecule has 0 radical (unpaired) electrons. The van der Waals surface area contributed by atoms with Gasteiger partial charge in [0.1, 0.15) is 0 Å². The van der Waals surface area contributed by atoms with Gasteiger partial charge in [-0.15, -0.1) is 11.3 Å². The van der Waals surface area contributed by atoms with E-state index >= 15 is 0 Å². The number of nitrogens with one attached hydrogen (secondary N) is 2. The van der Waals surface area contributed by atoms with Crippen LogP contribution in [0.15, 0.2) is 6.20 Å². The van der Waals surface area contributed by atoms with E-state index in [1.165, 1.54) is 0 Å². The lowest BCUT2D eigenvalue weighted by Gasteiger charge is -2.19. The van der Waals surface area contributed by atoms with Crippen LogP contribution in [0, 0.1) is 6.92 Å². The lowest BCUT2D eigenvalue weighted by molar-refractivity contribution is -0.123. The van der Waals surface area contributed by atoms with Crippen molar-refractivity contribution in [3.8, 4) is 0 Å². The van der Waals surface area contributed by atoms with Crippen LogP contribution in [-0.2, 0) is 11.3 Å². The van der Waals surface area contributed by atoms with Crippen molar-refractivity contribution in [1.82, 2.24) is 15.6 Å². The molecule has 0 aliphatic rings. The summed E-state index contributed by atoms with van der Waals surface area (Å²) in [7, 11) is 0. The summed E-state index contributed by atoms with van der Waals surface area (Å²) in [4.78, 5) is 17.3. The van der Waals surface area contributed by atoms with Gasteiger partial charge in [0.15, 0.2) is 0 Å². The Balaban J connectivity index is 2.35. The van der Waals surface area contributed by atoms with Crippen LogP contribution in [0.1, 0.15) is 43.5 Å². The summed E-state index contributed by atoms with van der Waals surface area (Å²) in [6.45, 7) is 8.76. The Bertz CT molecular complexity index is 374. The molecule has 0 bridgehead atoms. The Morgan fingerprint density at radius 1 is 1.44 bits per heavy atom. The number of nitrogens with zero attached hydrogens (tertiary/aromatic N) is 1. The highest BCUT2D eigenvalue weighted by atomic mass is 32.1. The number of thiazole rings is 1. The molecule has 2 N–H and O–H groups in total. The van der Waals surface area contributed by atoms with E-state index < -0.39 is 0 Å². The number of aryl methyl sites for hydroxylation is 1. The highest BCUT2D eigenvalue weighted by Crippen LogP contribution is 2.11. The highest BCUT2D eigenvalue weighted by molar-refractivity contribution is 7.11. The maximum atomic E-state index is 11.9. The third kappa shape index (κ3) is 4.74. The summed E-state index contributed by atoms with van der Waals surface area (Å²) in [5.41, 5.74) is 0. The SMILES string of the molecule is CCC(CC)NC(=O)C(C)NCc1cnc(C)s1. The number of aromatic nitrogens is 1. The molecule has 0 spiro atoms. The number of carbonyl (C=O) groups excluding carboxylic acids is 1. The van der Waals surface area contributed by atoms with Gasteiger partial charge in [0, 0.05) is 23.7 Å². The molecule has 1 unspecified atom stereocenters. The molecular weight excluding hydrogens is 246 g/mol. The van der Waals surface area contributed by atoms with Crippen LogP contribution < -0.4 is 10.6 Å². The van der Waals surface area contributed by atoms with Crippen LogP contribution in [0.4, 0.5) is 0 Å². The van der Waals surface area contributed by atoms with Gasteiger partial charge < -0.3 is 10.6 Å². The normalized spacial score (nSPS) is 12.7. The predicted molar refractivity (Wildman–Crippen MR) is 75.7 cm³/mol. The minimum atomic E-state index is -0.173. The monoisotopic (exact) mass is 269 g/mol. The van der Waals surface area contributed by atoms with Crippen LogP contribution in [0.5, 0.6) is 0 Å². The Kier molecular flexibility index (Phi) is 6.29. The Hall–Kier alpha value is -0.940. The lowest BCUT2D eigenvalue weighted by atomic mass is 10.1. The topological polar surface area (TPSA) is 54.0 Å². The van der Waals surface area contributed by atoms with Crippen molar-refractivity contribution >= 4 is 17.2 Å². The molecule has 1 aromatic rings. The first-order chi connectivity index (χ1) is 8.56. The molecule has 1 amide bonds. The zero-order valence-electron chi connectivity index (χ0n) is 11.6. The molecule has 0 saturated carbocycles. The van der Waals surface area contributed by atoms with Gasteiger partial charge >= 0.3 is 0 Å². The van der Waals surface area contributed by atoms with Gasteiger partial charge in [-0.05, 0) is 26.7 Å². The summed E-state index contributed by atoms with van der Waals surface area (Å²) in [5, 5.41) is 7.32. The van der Waals surface area contributed by atoms with Crippen LogP contribution >= 0.6 is 11.3 Å². The number of hydrogen-bond donors (Lipinski definition) is 2. The predicted octanol–water partition coefficient (Wildman–Crippen LogP) is 2.23. The second-order valence-electron chi connectivity index (χ2n) is 4.47. The zero-order valence-corrected chi connectivity index (χ0v) is 12.4. The van der Waals surface area contributed by atoms with E-state index in [9.17, 15) is 4.79 Å². The first kappa shape index (κ1) is 15.1. The number of carbonyl (C=O) groups is 1. The molecule has 0 aromatic carbocycles. The molecule has 4 nitrogen and oxygen atoms in total. The Morgan fingerprint density at radius 3 is 2.61 bits per heavy atom. The number of rotatable bonds is 7. The van der Waals surface area contributed by atoms with Crippen molar-refractivity contribution in [2.75, 3.05) is 0 Å². The van der Waals surface area contributed by atoms with Gasteiger partial charge in [-0.1, -0.05) is 13.8 Å². The van der Waals surface area contributed by atoms with E-state index in [1.54, 1.807) is 11.3 Å². The van der Waals surface area contributed by atoms with E-state index in [0.29, 0.717) is 6.54 Å². The average molecular weight is 269 g/mol. The molecule has 1 atom stereocenters.